The summed E-state index contributed by atoms with van der Waals surface area (Å²) in [6.07, 6.45) is 1.36. The Hall–Kier alpha value is -3.81. The normalized spacial score (nSPS) is 16.7. The van der Waals surface area contributed by atoms with E-state index in [4.69, 9.17) is 4.98 Å². The lowest BCUT2D eigenvalue weighted by atomic mass is 9.89. The molecule has 37 heavy (non-hydrogen) atoms. The zero-order chi connectivity index (χ0) is 25.9. The average Bonchev–Trinajstić information content (AvgIpc) is 2.93. The number of amides is 2. The molecule has 2 fully saturated rings. The third-order valence-electron chi connectivity index (χ3n) is 7.29. The Morgan fingerprint density at radius 2 is 1.51 bits per heavy atom. The lowest BCUT2D eigenvalue weighted by Gasteiger charge is -2.37. The summed E-state index contributed by atoms with van der Waals surface area (Å²) in [7, 11) is 0. The SMILES string of the molecule is Cc1ccc(C(=O)N2CCN(c3ccccc3F)CC2)c(C2CCN(C(=O)c3cccc(F)c3)CC2)n1. The van der Waals surface area contributed by atoms with Crippen LogP contribution >= 0.6 is 0 Å². The van der Waals surface area contributed by atoms with Gasteiger partial charge in [0, 0.05) is 56.4 Å². The molecule has 3 heterocycles. The number of carbonyl (C=O) groups is 2. The van der Waals surface area contributed by atoms with Crippen molar-refractivity contribution in [3.8, 4) is 0 Å². The molecule has 0 saturated carbocycles. The Morgan fingerprint density at radius 1 is 0.811 bits per heavy atom. The van der Waals surface area contributed by atoms with Gasteiger partial charge in [0.1, 0.15) is 11.6 Å². The smallest absolute Gasteiger partial charge is 0.255 e. The fourth-order valence-electron chi connectivity index (χ4n) is 5.26. The largest absolute Gasteiger partial charge is 0.366 e. The van der Waals surface area contributed by atoms with Crippen molar-refractivity contribution in [2.45, 2.75) is 25.7 Å². The van der Waals surface area contributed by atoms with E-state index in [1.807, 2.05) is 34.9 Å². The first-order valence-electron chi connectivity index (χ1n) is 12.7. The van der Waals surface area contributed by atoms with Crippen LogP contribution in [0.25, 0.3) is 0 Å². The number of likely N-dealkylation sites (tertiary alicyclic amines) is 1. The molecule has 2 aromatic carbocycles. The second kappa shape index (κ2) is 10.7. The van der Waals surface area contributed by atoms with Crippen molar-refractivity contribution in [2.24, 2.45) is 0 Å². The maximum Gasteiger partial charge on any atom is 0.255 e. The van der Waals surface area contributed by atoms with Gasteiger partial charge >= 0.3 is 0 Å². The summed E-state index contributed by atoms with van der Waals surface area (Å²) in [5, 5.41) is 0. The number of benzene rings is 2. The third-order valence-corrected chi connectivity index (χ3v) is 7.29. The van der Waals surface area contributed by atoms with E-state index >= 15 is 0 Å². The molecule has 192 valence electrons. The number of rotatable bonds is 4. The predicted octanol–water partition coefficient (Wildman–Crippen LogP) is 4.65. The molecular weight excluding hydrogens is 474 g/mol. The van der Waals surface area contributed by atoms with E-state index in [0.29, 0.717) is 68.9 Å². The highest BCUT2D eigenvalue weighted by molar-refractivity contribution is 5.96. The van der Waals surface area contributed by atoms with Gasteiger partial charge in [-0.05, 0) is 62.2 Å². The molecule has 6 nitrogen and oxygen atoms in total. The highest BCUT2D eigenvalue weighted by atomic mass is 19.1. The molecule has 2 aliphatic rings. The maximum atomic E-state index is 14.2. The van der Waals surface area contributed by atoms with Gasteiger partial charge in [0.15, 0.2) is 0 Å². The number of anilines is 1. The fourth-order valence-corrected chi connectivity index (χ4v) is 5.26. The maximum absolute atomic E-state index is 14.2. The number of piperazine rings is 1. The van der Waals surface area contributed by atoms with E-state index in [2.05, 4.69) is 0 Å². The zero-order valence-electron chi connectivity index (χ0n) is 20.9. The summed E-state index contributed by atoms with van der Waals surface area (Å²) in [6.45, 7) is 5.06. The number of hydrogen-bond donors (Lipinski definition) is 0. The summed E-state index contributed by atoms with van der Waals surface area (Å²) in [4.78, 5) is 36.7. The quantitative estimate of drug-likeness (QED) is 0.519. The Labute approximate surface area is 215 Å². The van der Waals surface area contributed by atoms with Crippen LogP contribution in [0.5, 0.6) is 0 Å². The molecular formula is C29H30F2N4O2. The highest BCUT2D eigenvalue weighted by Crippen LogP contribution is 2.31. The standard InChI is InChI=1S/C29H30F2N4O2/c1-20-9-10-24(29(37)35-17-15-33(16-18-35)26-8-3-2-7-25(26)31)27(32-20)21-11-13-34(14-12-21)28(36)22-5-4-6-23(30)19-22/h2-10,19,21H,11-18H2,1H3. The lowest BCUT2D eigenvalue weighted by molar-refractivity contribution is 0.0701. The van der Waals surface area contributed by atoms with E-state index in [1.165, 1.54) is 18.2 Å². The molecule has 2 saturated heterocycles. The van der Waals surface area contributed by atoms with Gasteiger partial charge in [-0.3, -0.25) is 14.6 Å². The fraction of sp³-hybridized carbons (Fsp3) is 0.345. The minimum Gasteiger partial charge on any atom is -0.366 e. The summed E-state index contributed by atoms with van der Waals surface area (Å²) >= 11 is 0. The molecule has 0 radical (unpaired) electrons. The number of aryl methyl sites for hydroxylation is 1. The zero-order valence-corrected chi connectivity index (χ0v) is 20.9. The first-order chi connectivity index (χ1) is 17.9. The van der Waals surface area contributed by atoms with Gasteiger partial charge in [0.05, 0.1) is 16.9 Å². The molecule has 3 aromatic rings. The van der Waals surface area contributed by atoms with Gasteiger partial charge in [0.25, 0.3) is 11.8 Å². The topological polar surface area (TPSA) is 56.8 Å². The van der Waals surface area contributed by atoms with Crippen molar-refractivity contribution >= 4 is 17.5 Å². The number of pyridine rings is 1. The minimum atomic E-state index is -0.428. The molecule has 8 heteroatoms. The summed E-state index contributed by atoms with van der Waals surface area (Å²) < 4.78 is 27.8. The Balaban J connectivity index is 1.26. The molecule has 1 aromatic heterocycles. The number of para-hydroxylation sites is 1. The summed E-state index contributed by atoms with van der Waals surface area (Å²) in [5.41, 5.74) is 3.12. The number of nitrogens with zero attached hydrogens (tertiary/aromatic N) is 4. The van der Waals surface area contributed by atoms with E-state index < -0.39 is 5.82 Å². The predicted molar refractivity (Wildman–Crippen MR) is 138 cm³/mol. The first kappa shape index (κ1) is 24.9. The van der Waals surface area contributed by atoms with E-state index in [1.54, 1.807) is 29.2 Å². The van der Waals surface area contributed by atoms with Crippen molar-refractivity contribution < 1.29 is 18.4 Å². The number of halogens is 2. The molecule has 2 amide bonds. The van der Waals surface area contributed by atoms with E-state index in [9.17, 15) is 18.4 Å². The van der Waals surface area contributed by atoms with Gasteiger partial charge < -0.3 is 14.7 Å². The molecule has 5 rings (SSSR count). The van der Waals surface area contributed by atoms with Crippen LogP contribution in [0.4, 0.5) is 14.5 Å². The number of piperidine rings is 1. The minimum absolute atomic E-state index is 0.0510. The lowest BCUT2D eigenvalue weighted by Crippen LogP contribution is -2.49. The van der Waals surface area contributed by atoms with Crippen LogP contribution in [0.15, 0.2) is 60.7 Å². The summed E-state index contributed by atoms with van der Waals surface area (Å²) in [6, 6.07) is 16.2. The molecule has 2 aliphatic heterocycles. The number of carbonyl (C=O) groups excluding carboxylic acids is 2. The second-order valence-corrected chi connectivity index (χ2v) is 9.69. The van der Waals surface area contributed by atoms with Crippen molar-refractivity contribution in [1.29, 1.82) is 0 Å². The van der Waals surface area contributed by atoms with E-state index in [0.717, 1.165) is 11.4 Å². The Morgan fingerprint density at radius 3 is 2.22 bits per heavy atom. The van der Waals surface area contributed by atoms with Gasteiger partial charge in [0.2, 0.25) is 0 Å². The monoisotopic (exact) mass is 504 g/mol. The first-order valence-corrected chi connectivity index (χ1v) is 12.7. The van der Waals surface area contributed by atoms with Crippen LogP contribution in [0.1, 0.15) is 50.9 Å². The van der Waals surface area contributed by atoms with Gasteiger partial charge in [-0.25, -0.2) is 8.78 Å². The molecule has 0 atom stereocenters. The second-order valence-electron chi connectivity index (χ2n) is 9.69. The van der Waals surface area contributed by atoms with Crippen molar-refractivity contribution in [3.05, 3.63) is 94.8 Å². The third kappa shape index (κ3) is 5.33. The van der Waals surface area contributed by atoms with Crippen molar-refractivity contribution in [1.82, 2.24) is 14.8 Å². The molecule has 0 aliphatic carbocycles. The van der Waals surface area contributed by atoms with E-state index in [-0.39, 0.29) is 23.5 Å². The van der Waals surface area contributed by atoms with Crippen molar-refractivity contribution in [3.63, 3.8) is 0 Å². The molecule has 0 N–H and O–H groups in total. The van der Waals surface area contributed by atoms with Gasteiger partial charge in [-0.2, -0.15) is 0 Å². The van der Waals surface area contributed by atoms with Crippen LogP contribution in [0.3, 0.4) is 0 Å². The molecule has 0 unspecified atom stereocenters. The van der Waals surface area contributed by atoms with Crippen LogP contribution in [-0.2, 0) is 0 Å². The van der Waals surface area contributed by atoms with Gasteiger partial charge in [-0.15, -0.1) is 0 Å². The van der Waals surface area contributed by atoms with Crippen LogP contribution in [0.2, 0.25) is 0 Å². The van der Waals surface area contributed by atoms with Crippen LogP contribution in [-0.4, -0.2) is 65.9 Å². The molecule has 0 spiro atoms. The number of hydrogen-bond acceptors (Lipinski definition) is 4. The number of aromatic nitrogens is 1. The highest BCUT2D eigenvalue weighted by Gasteiger charge is 2.31. The molecule has 0 bridgehead atoms. The average molecular weight is 505 g/mol. The Bertz CT molecular complexity index is 1300. The Kier molecular flexibility index (Phi) is 7.17. The van der Waals surface area contributed by atoms with Gasteiger partial charge in [-0.1, -0.05) is 18.2 Å². The van der Waals surface area contributed by atoms with Crippen LogP contribution < -0.4 is 4.90 Å². The van der Waals surface area contributed by atoms with Crippen molar-refractivity contribution in [2.75, 3.05) is 44.2 Å². The van der Waals surface area contributed by atoms with Crippen LogP contribution in [0, 0.1) is 18.6 Å². The summed E-state index contributed by atoms with van der Waals surface area (Å²) in [5.74, 6) is -0.875.